The minimum atomic E-state index is -0.947. The number of anilines is 1. The van der Waals surface area contributed by atoms with E-state index in [2.05, 4.69) is 10.6 Å². The van der Waals surface area contributed by atoms with Gasteiger partial charge in [-0.05, 0) is 60.4 Å². The quantitative estimate of drug-likeness (QED) is 0.412. The molecule has 3 aromatic carbocycles. The first-order chi connectivity index (χ1) is 17.4. The highest BCUT2D eigenvalue weighted by Crippen LogP contribution is 2.52. The van der Waals surface area contributed by atoms with Crippen LogP contribution in [0.25, 0.3) is 0 Å². The van der Waals surface area contributed by atoms with Crippen LogP contribution in [0.5, 0.6) is 5.75 Å². The average molecular weight is 527 g/mol. The van der Waals surface area contributed by atoms with E-state index in [0.29, 0.717) is 22.9 Å². The van der Waals surface area contributed by atoms with Crippen molar-refractivity contribution in [3.63, 3.8) is 0 Å². The lowest BCUT2D eigenvalue weighted by atomic mass is 9.67. The fraction of sp³-hybridized carbons (Fsp3) is 0.286. The smallest absolute Gasteiger partial charge is 0.237 e. The molecule has 6 nitrogen and oxygen atoms in total. The molecule has 0 bridgehead atoms. The number of carbonyl (C=O) groups is 2. The van der Waals surface area contributed by atoms with Crippen molar-refractivity contribution in [1.82, 2.24) is 5.32 Å². The maximum Gasteiger partial charge on any atom is 0.237 e. The van der Waals surface area contributed by atoms with Gasteiger partial charge in [0.15, 0.2) is 0 Å². The lowest BCUT2D eigenvalue weighted by molar-refractivity contribution is -0.130. The molecule has 3 aromatic rings. The van der Waals surface area contributed by atoms with Gasteiger partial charge >= 0.3 is 0 Å². The number of rotatable bonds is 5. The molecule has 1 saturated heterocycles. The molecule has 2 atom stereocenters. The lowest BCUT2D eigenvalue weighted by Gasteiger charge is -2.41. The number of amides is 2. The van der Waals surface area contributed by atoms with E-state index in [0.717, 1.165) is 28.1 Å². The zero-order valence-corrected chi connectivity index (χ0v) is 21.4. The van der Waals surface area contributed by atoms with E-state index in [1.54, 1.807) is 12.1 Å². The molecular weight excluding hydrogens is 499 g/mol. The van der Waals surface area contributed by atoms with Crippen LogP contribution in [0.4, 0.5) is 5.69 Å². The van der Waals surface area contributed by atoms with Gasteiger partial charge in [0.25, 0.3) is 0 Å². The topological polar surface area (TPSA) is 87.7 Å². The number of fused-ring (bicyclic) bond motifs is 2. The number of benzene rings is 3. The van der Waals surface area contributed by atoms with Crippen LogP contribution >= 0.6 is 23.2 Å². The third kappa shape index (κ3) is 5.21. The number of hydrogen-bond acceptors (Lipinski definition) is 4. The molecule has 188 valence electrons. The highest BCUT2D eigenvalue weighted by molar-refractivity contribution is 6.31. The Morgan fingerprint density at radius 1 is 1.03 bits per heavy atom. The zero-order valence-electron chi connectivity index (χ0n) is 19.9. The third-order valence-corrected chi connectivity index (χ3v) is 7.02. The molecule has 8 heteroatoms. The zero-order chi connectivity index (χ0) is 25.7. The van der Waals surface area contributed by atoms with Crippen molar-refractivity contribution in [2.45, 2.75) is 37.6 Å². The van der Waals surface area contributed by atoms with Gasteiger partial charge in [-0.1, -0.05) is 60.5 Å². The summed E-state index contributed by atoms with van der Waals surface area (Å²) in [6.07, 6.45) is 1.45. The highest BCUT2D eigenvalue weighted by atomic mass is 35.5. The number of ether oxygens (including phenoxy) is 1. The van der Waals surface area contributed by atoms with Crippen LogP contribution in [-0.2, 0) is 21.4 Å². The summed E-state index contributed by atoms with van der Waals surface area (Å²) >= 11 is 11.7. The second kappa shape index (κ2) is 11.3. The van der Waals surface area contributed by atoms with Crippen molar-refractivity contribution in [1.29, 1.82) is 0 Å². The van der Waals surface area contributed by atoms with Crippen LogP contribution < -0.4 is 15.4 Å². The third-order valence-electron chi connectivity index (χ3n) is 6.54. The fourth-order valence-electron chi connectivity index (χ4n) is 4.80. The molecule has 3 N–H and O–H groups in total. The lowest BCUT2D eigenvalue weighted by Crippen LogP contribution is -2.52. The van der Waals surface area contributed by atoms with E-state index in [1.807, 2.05) is 61.5 Å². The first-order valence-corrected chi connectivity index (χ1v) is 12.6. The molecule has 1 spiro atoms. The summed E-state index contributed by atoms with van der Waals surface area (Å²) < 4.78 is 5.77. The predicted molar refractivity (Wildman–Crippen MR) is 142 cm³/mol. The number of aryl methyl sites for hydroxylation is 1. The molecule has 0 aliphatic carbocycles. The van der Waals surface area contributed by atoms with Gasteiger partial charge in [0.2, 0.25) is 11.8 Å². The molecule has 0 radical (unpaired) electrons. The first kappa shape index (κ1) is 26.0. The first-order valence-electron chi connectivity index (χ1n) is 11.9. The van der Waals surface area contributed by atoms with E-state index in [9.17, 15) is 14.7 Å². The van der Waals surface area contributed by atoms with Gasteiger partial charge in [-0.15, -0.1) is 0 Å². The van der Waals surface area contributed by atoms with Gasteiger partial charge in [0.05, 0.1) is 12.6 Å². The molecule has 1 fully saturated rings. The average Bonchev–Trinajstić information content (AvgIpc) is 3.15. The van der Waals surface area contributed by atoms with Crippen LogP contribution in [-0.4, -0.2) is 30.1 Å². The van der Waals surface area contributed by atoms with E-state index in [-0.39, 0.29) is 31.4 Å². The summed E-state index contributed by atoms with van der Waals surface area (Å²) in [5.74, 6) is 0.290. The van der Waals surface area contributed by atoms with Crippen LogP contribution in [0.3, 0.4) is 0 Å². The van der Waals surface area contributed by atoms with Gasteiger partial charge < -0.3 is 20.5 Å². The van der Waals surface area contributed by atoms with Gasteiger partial charge in [0.1, 0.15) is 17.8 Å². The van der Waals surface area contributed by atoms with Gasteiger partial charge in [-0.25, -0.2) is 0 Å². The number of hydrogen-bond donors (Lipinski definition) is 3. The van der Waals surface area contributed by atoms with Crippen LogP contribution in [0.2, 0.25) is 10.0 Å². The summed E-state index contributed by atoms with van der Waals surface area (Å²) in [5, 5.41) is 16.5. The monoisotopic (exact) mass is 526 g/mol. The molecule has 36 heavy (non-hydrogen) atoms. The Hall–Kier alpha value is -3.06. The normalized spacial score (nSPS) is 20.2. The van der Waals surface area contributed by atoms with Crippen molar-refractivity contribution in [3.05, 3.63) is 93.5 Å². The van der Waals surface area contributed by atoms with Crippen LogP contribution in [0.1, 0.15) is 42.5 Å². The Bertz CT molecular complexity index is 1250. The van der Waals surface area contributed by atoms with E-state index in [1.165, 1.54) is 0 Å². The molecule has 2 aliphatic rings. The summed E-state index contributed by atoms with van der Waals surface area (Å²) in [5.41, 5.74) is 2.36. The molecule has 0 aromatic heterocycles. The number of piperidine rings is 1. The Balaban J connectivity index is 0.000000375. The predicted octanol–water partition coefficient (Wildman–Crippen LogP) is 5.45. The van der Waals surface area contributed by atoms with Gasteiger partial charge in [-0.2, -0.15) is 0 Å². The molecule has 5 rings (SSSR count). The summed E-state index contributed by atoms with van der Waals surface area (Å²) in [7, 11) is 0. The van der Waals surface area contributed by atoms with Crippen molar-refractivity contribution in [3.8, 4) is 5.75 Å². The Morgan fingerprint density at radius 3 is 2.47 bits per heavy atom. The molecular formula is C28H28Cl2N2O4. The Kier molecular flexibility index (Phi) is 8.19. The Morgan fingerprint density at radius 2 is 1.81 bits per heavy atom. The Labute approximate surface area is 220 Å². The molecule has 2 amide bonds. The van der Waals surface area contributed by atoms with E-state index >= 15 is 0 Å². The minimum Gasteiger partial charge on any atom is -0.491 e. The summed E-state index contributed by atoms with van der Waals surface area (Å²) in [6, 6.07) is 20.0. The summed E-state index contributed by atoms with van der Waals surface area (Å²) in [4.78, 5) is 25.7. The molecule has 2 heterocycles. The highest BCUT2D eigenvalue weighted by Gasteiger charge is 2.56. The number of aliphatic hydroxyl groups is 1. The van der Waals surface area contributed by atoms with Crippen LogP contribution in [0, 0.1) is 0 Å². The molecule has 2 aliphatic heterocycles. The van der Waals surface area contributed by atoms with Crippen molar-refractivity contribution >= 4 is 40.7 Å². The van der Waals surface area contributed by atoms with Crippen molar-refractivity contribution in [2.24, 2.45) is 0 Å². The molecule has 0 saturated carbocycles. The van der Waals surface area contributed by atoms with E-state index in [4.69, 9.17) is 27.9 Å². The number of carbonyl (C=O) groups excluding carboxylic acids is 2. The largest absolute Gasteiger partial charge is 0.491 e. The molecule has 0 unspecified atom stereocenters. The maximum absolute atomic E-state index is 13.3. The van der Waals surface area contributed by atoms with Crippen molar-refractivity contribution in [2.75, 3.05) is 18.5 Å². The van der Waals surface area contributed by atoms with Crippen LogP contribution in [0.15, 0.2) is 66.7 Å². The number of nitrogens with one attached hydrogen (secondary N) is 2. The second-order valence-corrected chi connectivity index (χ2v) is 9.58. The minimum absolute atomic E-state index is 0.106. The number of halogens is 2. The summed E-state index contributed by atoms with van der Waals surface area (Å²) in [6.45, 7) is 2.05. The van der Waals surface area contributed by atoms with Gasteiger partial charge in [0, 0.05) is 27.7 Å². The maximum atomic E-state index is 13.3. The fourth-order valence-corrected chi connectivity index (χ4v) is 5.12. The van der Waals surface area contributed by atoms with E-state index < -0.39 is 11.5 Å². The van der Waals surface area contributed by atoms with Gasteiger partial charge in [-0.3, -0.25) is 9.59 Å². The van der Waals surface area contributed by atoms with Crippen molar-refractivity contribution < 1.29 is 19.4 Å². The second-order valence-electron chi connectivity index (χ2n) is 8.71. The SMILES string of the molecule is CCc1ccc(OCCO)c([C@H]2NC(=O)CC[C@]23C(=O)Nc2cc(Cl)ccc23)c1.Clc1ccccc1. The standard InChI is InChI=1S/C22H23ClN2O4.C6H5Cl/c1-2-13-3-6-18(29-10-9-26)15(11-13)20-22(8-7-19(27)25-20)16-5-4-14(23)12-17(16)24-21(22)28;7-6-4-2-1-3-5-6/h3-6,11-12,20,26H,2,7-10H2,1H3,(H,24,28)(H,25,27);1-5H/t20-,22-;/m1./s1. The number of aliphatic hydroxyl groups excluding tert-OH is 1.